The molecular weight excluding hydrogens is 234 g/mol. The first-order chi connectivity index (χ1) is 8.39. The number of hydrogen-bond acceptors (Lipinski definition) is 3. The van der Waals surface area contributed by atoms with E-state index in [1.54, 1.807) is 0 Å². The number of carbonyl (C=O) groups is 2. The Bertz CT molecular complexity index is 242. The van der Waals surface area contributed by atoms with Crippen LogP contribution in [0.15, 0.2) is 0 Å². The van der Waals surface area contributed by atoms with E-state index in [4.69, 9.17) is 14.6 Å². The second-order valence-electron chi connectivity index (χ2n) is 5.49. The van der Waals surface area contributed by atoms with Crippen molar-refractivity contribution in [3.8, 4) is 0 Å². The maximum absolute atomic E-state index is 11.4. The SMILES string of the molecule is CC(C)(C)OC(=O)NCC1CCCCC1.O=CO. The van der Waals surface area contributed by atoms with Gasteiger partial charge in [0.2, 0.25) is 0 Å². The van der Waals surface area contributed by atoms with Crippen LogP contribution < -0.4 is 5.32 Å². The average Bonchev–Trinajstić information content (AvgIpc) is 2.27. The van der Waals surface area contributed by atoms with Crippen LogP contribution in [0.25, 0.3) is 0 Å². The van der Waals surface area contributed by atoms with E-state index in [-0.39, 0.29) is 12.6 Å². The monoisotopic (exact) mass is 259 g/mol. The highest BCUT2D eigenvalue weighted by Gasteiger charge is 2.18. The predicted octanol–water partition coefficient (Wildman–Crippen LogP) is 2.79. The Hall–Kier alpha value is -1.26. The molecule has 5 nitrogen and oxygen atoms in total. The minimum atomic E-state index is -0.392. The molecule has 0 aromatic carbocycles. The Kier molecular flexibility index (Phi) is 8.16. The third kappa shape index (κ3) is 9.93. The van der Waals surface area contributed by atoms with Crippen LogP contribution in [-0.2, 0) is 9.53 Å². The number of amides is 1. The highest BCUT2D eigenvalue weighted by atomic mass is 16.6. The highest BCUT2D eigenvalue weighted by Crippen LogP contribution is 2.22. The summed E-state index contributed by atoms with van der Waals surface area (Å²) in [5, 5.41) is 9.74. The molecule has 0 aliphatic heterocycles. The fourth-order valence-corrected chi connectivity index (χ4v) is 1.93. The molecule has 0 heterocycles. The molecule has 1 aliphatic carbocycles. The van der Waals surface area contributed by atoms with Crippen LogP contribution in [0.1, 0.15) is 52.9 Å². The zero-order valence-corrected chi connectivity index (χ0v) is 11.6. The lowest BCUT2D eigenvalue weighted by Gasteiger charge is -2.24. The molecule has 1 fully saturated rings. The van der Waals surface area contributed by atoms with E-state index in [1.807, 2.05) is 20.8 Å². The van der Waals surface area contributed by atoms with Gasteiger partial charge in [-0.1, -0.05) is 19.3 Å². The minimum absolute atomic E-state index is 0.250. The second kappa shape index (κ2) is 8.78. The van der Waals surface area contributed by atoms with E-state index in [9.17, 15) is 4.79 Å². The Morgan fingerprint density at radius 2 is 1.83 bits per heavy atom. The maximum atomic E-state index is 11.4. The van der Waals surface area contributed by atoms with E-state index < -0.39 is 5.60 Å². The fourth-order valence-electron chi connectivity index (χ4n) is 1.93. The first-order valence-corrected chi connectivity index (χ1v) is 6.43. The smallest absolute Gasteiger partial charge is 0.407 e. The van der Waals surface area contributed by atoms with Crippen molar-refractivity contribution in [2.75, 3.05) is 6.54 Å². The number of hydrogen-bond donors (Lipinski definition) is 2. The van der Waals surface area contributed by atoms with Crippen LogP contribution in [0.2, 0.25) is 0 Å². The van der Waals surface area contributed by atoms with Gasteiger partial charge >= 0.3 is 6.09 Å². The Morgan fingerprint density at radius 1 is 1.33 bits per heavy atom. The van der Waals surface area contributed by atoms with Gasteiger partial charge in [0.25, 0.3) is 6.47 Å². The van der Waals surface area contributed by atoms with Crippen LogP contribution >= 0.6 is 0 Å². The Labute approximate surface area is 109 Å². The Balaban J connectivity index is 0.000000873. The zero-order chi connectivity index (χ0) is 14.0. The molecule has 1 aliphatic rings. The largest absolute Gasteiger partial charge is 0.483 e. The van der Waals surface area contributed by atoms with Gasteiger partial charge in [-0.2, -0.15) is 0 Å². The summed E-state index contributed by atoms with van der Waals surface area (Å²) in [4.78, 5) is 19.7. The van der Waals surface area contributed by atoms with Crippen molar-refractivity contribution in [2.24, 2.45) is 5.92 Å². The fraction of sp³-hybridized carbons (Fsp3) is 0.846. The lowest BCUT2D eigenvalue weighted by molar-refractivity contribution is -0.122. The number of ether oxygens (including phenoxy) is 1. The number of alkyl carbamates (subject to hydrolysis) is 1. The van der Waals surface area contributed by atoms with Gasteiger partial charge in [-0.15, -0.1) is 0 Å². The molecule has 0 radical (unpaired) electrons. The quantitative estimate of drug-likeness (QED) is 0.748. The lowest BCUT2D eigenvalue weighted by Crippen LogP contribution is -2.35. The molecule has 0 bridgehead atoms. The van der Waals surface area contributed by atoms with Crippen LogP contribution in [0.5, 0.6) is 0 Å². The van der Waals surface area contributed by atoms with Crippen LogP contribution in [0, 0.1) is 5.92 Å². The molecule has 18 heavy (non-hydrogen) atoms. The van der Waals surface area contributed by atoms with Crippen molar-refractivity contribution < 1.29 is 19.4 Å². The van der Waals surface area contributed by atoms with Crippen molar-refractivity contribution in [1.82, 2.24) is 5.32 Å². The van der Waals surface area contributed by atoms with E-state index in [2.05, 4.69) is 5.32 Å². The minimum Gasteiger partial charge on any atom is -0.483 e. The maximum Gasteiger partial charge on any atom is 0.407 e. The van der Waals surface area contributed by atoms with E-state index in [0.29, 0.717) is 5.92 Å². The van der Waals surface area contributed by atoms with Gasteiger partial charge in [0.05, 0.1) is 0 Å². The molecule has 1 amide bonds. The zero-order valence-electron chi connectivity index (χ0n) is 11.6. The molecule has 0 unspecified atom stereocenters. The average molecular weight is 259 g/mol. The third-order valence-electron chi connectivity index (χ3n) is 2.66. The number of carboxylic acid groups (broad SMARTS) is 1. The molecule has 2 N–H and O–H groups in total. The van der Waals surface area contributed by atoms with E-state index in [1.165, 1.54) is 32.1 Å². The number of rotatable bonds is 2. The normalized spacial score (nSPS) is 16.2. The van der Waals surface area contributed by atoms with Crippen molar-refractivity contribution in [2.45, 2.75) is 58.5 Å². The molecule has 0 atom stereocenters. The Morgan fingerprint density at radius 3 is 2.28 bits per heavy atom. The van der Waals surface area contributed by atoms with E-state index in [0.717, 1.165) is 6.54 Å². The van der Waals surface area contributed by atoms with Gasteiger partial charge in [0, 0.05) is 6.54 Å². The molecule has 0 spiro atoms. The molecule has 1 saturated carbocycles. The van der Waals surface area contributed by atoms with Crippen molar-refractivity contribution in [3.63, 3.8) is 0 Å². The molecule has 0 saturated heterocycles. The second-order valence-corrected chi connectivity index (χ2v) is 5.49. The first kappa shape index (κ1) is 16.7. The van der Waals surface area contributed by atoms with Gasteiger partial charge < -0.3 is 15.2 Å². The van der Waals surface area contributed by atoms with Gasteiger partial charge in [-0.25, -0.2) is 4.79 Å². The molecular formula is C13H25NO4. The van der Waals surface area contributed by atoms with Crippen LogP contribution in [0.4, 0.5) is 4.79 Å². The summed E-state index contributed by atoms with van der Waals surface area (Å²) in [5.74, 6) is 0.659. The van der Waals surface area contributed by atoms with Gasteiger partial charge in [-0.05, 0) is 39.5 Å². The lowest BCUT2D eigenvalue weighted by atomic mass is 9.89. The number of carbonyl (C=O) groups excluding carboxylic acids is 1. The van der Waals surface area contributed by atoms with E-state index >= 15 is 0 Å². The summed E-state index contributed by atoms with van der Waals surface area (Å²) in [5.41, 5.74) is -0.392. The van der Waals surface area contributed by atoms with Gasteiger partial charge in [0.15, 0.2) is 0 Å². The predicted molar refractivity (Wildman–Crippen MR) is 69.5 cm³/mol. The third-order valence-corrected chi connectivity index (χ3v) is 2.66. The molecule has 5 heteroatoms. The first-order valence-electron chi connectivity index (χ1n) is 6.43. The summed E-state index contributed by atoms with van der Waals surface area (Å²) >= 11 is 0. The molecule has 0 aromatic rings. The molecule has 0 aromatic heterocycles. The summed E-state index contributed by atoms with van der Waals surface area (Å²) in [7, 11) is 0. The summed E-state index contributed by atoms with van der Waals surface area (Å²) < 4.78 is 5.18. The summed E-state index contributed by atoms with van der Waals surface area (Å²) in [6.45, 7) is 6.17. The van der Waals surface area contributed by atoms with Gasteiger partial charge in [0.1, 0.15) is 5.60 Å². The summed E-state index contributed by atoms with van der Waals surface area (Å²) in [6.07, 6.45) is 6.17. The van der Waals surface area contributed by atoms with Crippen LogP contribution in [0.3, 0.4) is 0 Å². The van der Waals surface area contributed by atoms with Crippen molar-refractivity contribution >= 4 is 12.6 Å². The number of nitrogens with one attached hydrogen (secondary N) is 1. The molecule has 106 valence electrons. The van der Waals surface area contributed by atoms with Gasteiger partial charge in [-0.3, -0.25) is 4.79 Å². The standard InChI is InChI=1S/C12H23NO2.CH2O2/c1-12(2,3)15-11(14)13-9-10-7-5-4-6-8-10;2-1-3/h10H,4-9H2,1-3H3,(H,13,14);1H,(H,2,3). The van der Waals surface area contributed by atoms with Crippen molar-refractivity contribution in [1.29, 1.82) is 0 Å². The highest BCUT2D eigenvalue weighted by molar-refractivity contribution is 5.67. The molecule has 1 rings (SSSR count). The summed E-state index contributed by atoms with van der Waals surface area (Å²) in [6, 6.07) is 0. The van der Waals surface area contributed by atoms with Crippen molar-refractivity contribution in [3.05, 3.63) is 0 Å². The topological polar surface area (TPSA) is 75.6 Å². The van der Waals surface area contributed by atoms with Crippen LogP contribution in [-0.4, -0.2) is 29.8 Å².